The van der Waals surface area contributed by atoms with Gasteiger partial charge in [0.1, 0.15) is 18.1 Å². The fourth-order valence-corrected chi connectivity index (χ4v) is 3.97. The lowest BCUT2D eigenvalue weighted by Gasteiger charge is -2.27. The molecule has 0 bridgehead atoms. The molecule has 3 rings (SSSR count). The van der Waals surface area contributed by atoms with Gasteiger partial charge in [0.15, 0.2) is 5.82 Å². The summed E-state index contributed by atoms with van der Waals surface area (Å²) >= 11 is 18.2. The van der Waals surface area contributed by atoms with E-state index < -0.39 is 47.7 Å². The number of hydrogen-bond acceptors (Lipinski definition) is 5. The molecule has 41 heavy (non-hydrogen) atoms. The van der Waals surface area contributed by atoms with Crippen LogP contribution in [0.2, 0.25) is 15.1 Å². The number of alkyl halides is 3. The van der Waals surface area contributed by atoms with Crippen molar-refractivity contribution in [2.45, 2.75) is 38.1 Å². The number of primary amides is 1. The van der Waals surface area contributed by atoms with Crippen molar-refractivity contribution < 1.29 is 27.6 Å². The molecule has 1 aromatic heterocycles. The molecule has 0 aliphatic rings. The fourth-order valence-electron chi connectivity index (χ4n) is 3.42. The minimum Gasteiger partial charge on any atom is -0.368 e. The maximum Gasteiger partial charge on any atom is 0.411 e. The summed E-state index contributed by atoms with van der Waals surface area (Å²) < 4.78 is 39.9. The molecular weight excluding hydrogens is 612 g/mol. The van der Waals surface area contributed by atoms with E-state index >= 15 is 0 Å². The number of hydrogen-bond donors (Lipinski definition) is 3. The van der Waals surface area contributed by atoms with Crippen molar-refractivity contribution in [1.29, 1.82) is 0 Å². The van der Waals surface area contributed by atoms with Gasteiger partial charge in [-0.2, -0.15) is 13.2 Å². The summed E-state index contributed by atoms with van der Waals surface area (Å²) in [7, 11) is 0. The lowest BCUT2D eigenvalue weighted by molar-refractivity contribution is -0.133. The molecule has 4 N–H and O–H groups in total. The van der Waals surface area contributed by atoms with Gasteiger partial charge >= 0.3 is 11.9 Å². The number of benzene rings is 2. The van der Waals surface area contributed by atoms with Gasteiger partial charge in [0.05, 0.1) is 10.0 Å². The van der Waals surface area contributed by atoms with E-state index in [9.17, 15) is 32.3 Å². The summed E-state index contributed by atoms with van der Waals surface area (Å²) in [6.45, 7) is 1.86. The van der Waals surface area contributed by atoms with Crippen LogP contribution >= 0.6 is 34.8 Å². The Balaban J connectivity index is 2.00. The van der Waals surface area contributed by atoms with Gasteiger partial charge in [0, 0.05) is 28.4 Å². The van der Waals surface area contributed by atoms with Crippen LogP contribution in [0.15, 0.2) is 53.3 Å². The molecule has 0 radical (unpaired) electrons. The minimum absolute atomic E-state index is 0.0538. The lowest BCUT2D eigenvalue weighted by Crippen LogP contribution is -2.56. The first kappa shape index (κ1) is 31.7. The number of rotatable bonds is 9. The van der Waals surface area contributed by atoms with Crippen LogP contribution in [0.25, 0.3) is 17.6 Å². The summed E-state index contributed by atoms with van der Waals surface area (Å²) in [5.41, 5.74) is 3.01. The smallest absolute Gasteiger partial charge is 0.368 e. The SMILES string of the molecule is CC(C)(NC(=O)C(NC(=O)Cn1nc(-c2ccc(Cl)cc2)n(/C=C/C(F)(F)F)c1=O)c1cccc(Cl)c1Cl)C(N)=O. The van der Waals surface area contributed by atoms with Crippen LogP contribution in [0.3, 0.4) is 0 Å². The van der Waals surface area contributed by atoms with Crippen molar-refractivity contribution in [3.8, 4) is 11.4 Å². The minimum atomic E-state index is -4.74. The summed E-state index contributed by atoms with van der Waals surface area (Å²) in [5, 5.41) is 9.15. The first-order chi connectivity index (χ1) is 19.0. The van der Waals surface area contributed by atoms with E-state index in [2.05, 4.69) is 15.7 Å². The Kier molecular flexibility index (Phi) is 9.57. The molecule has 218 valence electrons. The molecule has 10 nitrogen and oxygen atoms in total. The lowest BCUT2D eigenvalue weighted by atomic mass is 10.0. The van der Waals surface area contributed by atoms with E-state index in [1.165, 1.54) is 56.3 Å². The van der Waals surface area contributed by atoms with Crippen LogP contribution in [0, 0.1) is 0 Å². The van der Waals surface area contributed by atoms with Crippen molar-refractivity contribution in [1.82, 2.24) is 25.0 Å². The molecule has 1 atom stereocenters. The molecule has 0 aliphatic carbocycles. The fraction of sp³-hybridized carbons (Fsp3) is 0.240. The maximum atomic E-state index is 13.2. The number of nitrogens with one attached hydrogen (secondary N) is 2. The maximum absolute atomic E-state index is 13.2. The third-order valence-electron chi connectivity index (χ3n) is 5.59. The van der Waals surface area contributed by atoms with Crippen LogP contribution in [-0.2, 0) is 20.9 Å². The standard InChI is InChI=1S/C25H22Cl3F3N6O4/c1-24(2,22(32)40)34-21(39)19(15-4-3-5-16(27)18(15)28)33-17(38)12-37-23(41)36(11-10-25(29,30)31)20(35-37)13-6-8-14(26)9-7-13/h3-11,19H,12H2,1-2H3,(H2,32,40)(H,33,38)(H,34,39)/b11-10+. The van der Waals surface area contributed by atoms with Gasteiger partial charge in [-0.3, -0.25) is 14.4 Å². The zero-order valence-electron chi connectivity index (χ0n) is 21.3. The predicted molar refractivity (Wildman–Crippen MR) is 147 cm³/mol. The van der Waals surface area contributed by atoms with Crippen molar-refractivity contribution in [3.63, 3.8) is 0 Å². The Hall–Kier alpha value is -3.81. The number of nitrogens with two attached hydrogens (primary N) is 1. The number of aromatic nitrogens is 3. The molecule has 0 fully saturated rings. The van der Waals surface area contributed by atoms with Gasteiger partial charge < -0.3 is 16.4 Å². The summed E-state index contributed by atoms with van der Waals surface area (Å²) in [5.74, 6) is -2.92. The highest BCUT2D eigenvalue weighted by Gasteiger charge is 2.33. The highest BCUT2D eigenvalue weighted by Crippen LogP contribution is 2.30. The van der Waals surface area contributed by atoms with Crippen molar-refractivity contribution in [2.24, 2.45) is 5.73 Å². The largest absolute Gasteiger partial charge is 0.411 e. The monoisotopic (exact) mass is 632 g/mol. The zero-order valence-corrected chi connectivity index (χ0v) is 23.6. The molecule has 2 aromatic carbocycles. The Labute approximate surface area is 245 Å². The molecule has 1 unspecified atom stereocenters. The Morgan fingerprint density at radius 3 is 2.29 bits per heavy atom. The van der Waals surface area contributed by atoms with Crippen LogP contribution in [0.5, 0.6) is 0 Å². The number of allylic oxidation sites excluding steroid dienone is 1. The van der Waals surface area contributed by atoms with E-state index in [4.69, 9.17) is 40.5 Å². The number of carbonyl (C=O) groups is 3. The summed E-state index contributed by atoms with van der Waals surface area (Å²) in [6.07, 6.45) is -4.44. The van der Waals surface area contributed by atoms with E-state index in [0.29, 0.717) is 20.5 Å². The number of nitrogens with zero attached hydrogens (tertiary/aromatic N) is 3. The Morgan fingerprint density at radius 1 is 1.07 bits per heavy atom. The topological polar surface area (TPSA) is 141 Å². The van der Waals surface area contributed by atoms with Gasteiger partial charge in [-0.05, 0) is 44.2 Å². The molecule has 3 amide bonds. The van der Waals surface area contributed by atoms with Crippen molar-refractivity contribution in [3.05, 3.63) is 79.7 Å². The van der Waals surface area contributed by atoms with Gasteiger partial charge in [0.25, 0.3) is 0 Å². The van der Waals surface area contributed by atoms with Crippen molar-refractivity contribution >= 4 is 58.7 Å². The Bertz CT molecular complexity index is 1570. The first-order valence-corrected chi connectivity index (χ1v) is 12.7. The van der Waals surface area contributed by atoms with Crippen LogP contribution in [0.4, 0.5) is 13.2 Å². The molecule has 0 aliphatic heterocycles. The zero-order chi connectivity index (χ0) is 30.7. The van der Waals surface area contributed by atoms with Crippen LogP contribution in [-0.4, -0.2) is 43.8 Å². The van der Waals surface area contributed by atoms with Gasteiger partial charge in [-0.25, -0.2) is 14.0 Å². The highest BCUT2D eigenvalue weighted by molar-refractivity contribution is 6.42. The second kappa shape index (κ2) is 12.4. The molecule has 0 saturated heterocycles. The first-order valence-electron chi connectivity index (χ1n) is 11.6. The molecule has 16 heteroatoms. The van der Waals surface area contributed by atoms with Crippen LogP contribution < -0.4 is 22.1 Å². The summed E-state index contributed by atoms with van der Waals surface area (Å²) in [6, 6.07) is 8.52. The van der Waals surface area contributed by atoms with Gasteiger partial charge in [0.2, 0.25) is 17.7 Å². The van der Waals surface area contributed by atoms with Crippen molar-refractivity contribution in [2.75, 3.05) is 0 Å². The second-order valence-corrected chi connectivity index (χ2v) is 10.3. The van der Waals surface area contributed by atoms with E-state index in [0.717, 1.165) is 0 Å². The normalized spacial score (nSPS) is 12.8. The second-order valence-electron chi connectivity index (χ2n) is 9.12. The molecule has 1 heterocycles. The van der Waals surface area contributed by atoms with Gasteiger partial charge in [-0.1, -0.05) is 46.9 Å². The third kappa shape index (κ3) is 7.90. The predicted octanol–water partition coefficient (Wildman–Crippen LogP) is 3.94. The van der Waals surface area contributed by atoms with Gasteiger partial charge in [-0.15, -0.1) is 5.10 Å². The molecule has 0 saturated carbocycles. The molecule has 3 aromatic rings. The van der Waals surface area contributed by atoms with E-state index in [1.807, 2.05) is 0 Å². The summed E-state index contributed by atoms with van der Waals surface area (Å²) in [4.78, 5) is 51.0. The van der Waals surface area contributed by atoms with E-state index in [-0.39, 0.29) is 33.1 Å². The number of carbonyl (C=O) groups excluding carboxylic acids is 3. The Morgan fingerprint density at radius 2 is 1.71 bits per heavy atom. The molecular formula is C25H22Cl3F3N6O4. The highest BCUT2D eigenvalue weighted by atomic mass is 35.5. The van der Waals surface area contributed by atoms with Crippen LogP contribution in [0.1, 0.15) is 25.5 Å². The number of amides is 3. The third-order valence-corrected chi connectivity index (χ3v) is 6.68. The number of halogens is 6. The van der Waals surface area contributed by atoms with E-state index in [1.54, 1.807) is 0 Å². The molecule has 0 spiro atoms. The average molecular weight is 634 g/mol. The quantitative estimate of drug-likeness (QED) is 0.327. The average Bonchev–Trinajstić information content (AvgIpc) is 3.17.